The maximum absolute atomic E-state index is 12.5. The fourth-order valence-electron chi connectivity index (χ4n) is 2.95. The van der Waals surface area contributed by atoms with Gasteiger partial charge in [0.25, 0.3) is 10.0 Å². The Labute approximate surface area is 171 Å². The summed E-state index contributed by atoms with van der Waals surface area (Å²) in [6.45, 7) is 0. The number of guanidine groups is 1. The minimum absolute atomic E-state index is 0.152. The van der Waals surface area contributed by atoms with Gasteiger partial charge in [-0.05, 0) is 35.9 Å². The van der Waals surface area contributed by atoms with Gasteiger partial charge in [0, 0.05) is 15.7 Å². The first-order valence-electron chi connectivity index (χ1n) is 8.55. The first kappa shape index (κ1) is 18.7. The monoisotopic (exact) mass is 456 g/mol. The van der Waals surface area contributed by atoms with Crippen molar-refractivity contribution in [3.05, 3.63) is 94.5 Å². The van der Waals surface area contributed by atoms with Gasteiger partial charge in [-0.25, -0.2) is 13.4 Å². The van der Waals surface area contributed by atoms with E-state index in [0.29, 0.717) is 5.96 Å². The molecule has 0 fully saturated rings. The van der Waals surface area contributed by atoms with Gasteiger partial charge >= 0.3 is 0 Å². The van der Waals surface area contributed by atoms with Crippen LogP contribution in [0.1, 0.15) is 17.2 Å². The Morgan fingerprint density at radius 2 is 1.57 bits per heavy atom. The second kappa shape index (κ2) is 7.75. The first-order chi connectivity index (χ1) is 13.5. The normalized spacial score (nSPS) is 15.9. The second-order valence-electron chi connectivity index (χ2n) is 6.19. The van der Waals surface area contributed by atoms with Crippen molar-refractivity contribution in [2.75, 3.05) is 5.32 Å². The van der Waals surface area contributed by atoms with E-state index in [9.17, 15) is 8.42 Å². The number of hydrazine groups is 1. The van der Waals surface area contributed by atoms with Crippen LogP contribution < -0.4 is 15.6 Å². The molecule has 0 aliphatic carbocycles. The van der Waals surface area contributed by atoms with Gasteiger partial charge in [0.15, 0.2) is 0 Å². The van der Waals surface area contributed by atoms with Crippen molar-refractivity contribution in [3.8, 4) is 0 Å². The number of anilines is 1. The summed E-state index contributed by atoms with van der Waals surface area (Å²) in [6, 6.07) is 23.8. The van der Waals surface area contributed by atoms with Crippen LogP contribution in [0.2, 0.25) is 0 Å². The molecule has 1 atom stereocenters. The minimum Gasteiger partial charge on any atom is -0.325 e. The van der Waals surface area contributed by atoms with E-state index in [4.69, 9.17) is 0 Å². The summed E-state index contributed by atoms with van der Waals surface area (Å²) in [7, 11) is -3.74. The molecule has 0 spiro atoms. The summed E-state index contributed by atoms with van der Waals surface area (Å²) < 4.78 is 25.8. The molecule has 3 aromatic carbocycles. The number of halogens is 1. The number of hydrogen-bond acceptors (Lipinski definition) is 5. The van der Waals surface area contributed by atoms with Crippen LogP contribution in [0.5, 0.6) is 0 Å². The number of aliphatic imine (C=N–C) groups is 1. The highest BCUT2D eigenvalue weighted by atomic mass is 79.9. The highest BCUT2D eigenvalue weighted by Gasteiger charge is 2.23. The maximum atomic E-state index is 12.5. The molecule has 0 bridgehead atoms. The molecule has 4 rings (SSSR count). The van der Waals surface area contributed by atoms with Gasteiger partial charge in [-0.2, -0.15) is 0 Å². The molecule has 142 valence electrons. The van der Waals surface area contributed by atoms with E-state index in [-0.39, 0.29) is 10.9 Å². The molecule has 0 amide bonds. The van der Waals surface area contributed by atoms with Crippen molar-refractivity contribution < 1.29 is 8.42 Å². The zero-order valence-corrected chi connectivity index (χ0v) is 17.0. The van der Waals surface area contributed by atoms with Crippen molar-refractivity contribution in [2.24, 2.45) is 4.99 Å². The predicted octanol–water partition coefficient (Wildman–Crippen LogP) is 3.80. The molecule has 0 saturated heterocycles. The van der Waals surface area contributed by atoms with Crippen LogP contribution in [0.4, 0.5) is 5.69 Å². The third-order valence-electron chi connectivity index (χ3n) is 4.31. The van der Waals surface area contributed by atoms with E-state index in [0.717, 1.165) is 21.3 Å². The number of para-hydroxylation sites is 1. The van der Waals surface area contributed by atoms with E-state index in [2.05, 4.69) is 36.5 Å². The standard InChI is InChI=1S/C20H17BrN4O2S/c21-15-10-12-16(13-11-15)28(26,27)25-24-20-22-18-9-5-4-8-17(18)19(23-20)14-6-2-1-3-7-14/h1-13,19,25H,(H2,22,23,24)/t19-/m1/s1. The quantitative estimate of drug-likeness (QED) is 0.521. The molecule has 0 radical (unpaired) electrons. The Morgan fingerprint density at radius 3 is 2.32 bits per heavy atom. The Kier molecular flexibility index (Phi) is 5.17. The second-order valence-corrected chi connectivity index (χ2v) is 8.79. The fourth-order valence-corrected chi connectivity index (χ4v) is 4.06. The number of nitrogens with zero attached hydrogens (tertiary/aromatic N) is 1. The predicted molar refractivity (Wildman–Crippen MR) is 113 cm³/mol. The van der Waals surface area contributed by atoms with Crippen LogP contribution in [0, 0.1) is 0 Å². The molecule has 6 nitrogen and oxygen atoms in total. The topological polar surface area (TPSA) is 82.6 Å². The lowest BCUT2D eigenvalue weighted by Gasteiger charge is -2.26. The Balaban J connectivity index is 1.59. The lowest BCUT2D eigenvalue weighted by atomic mass is 9.97. The van der Waals surface area contributed by atoms with E-state index >= 15 is 0 Å². The van der Waals surface area contributed by atoms with Gasteiger partial charge in [0.05, 0.1) is 4.90 Å². The molecule has 3 aromatic rings. The Morgan fingerprint density at radius 1 is 0.893 bits per heavy atom. The summed E-state index contributed by atoms with van der Waals surface area (Å²) in [5.41, 5.74) is 5.62. The lowest BCUT2D eigenvalue weighted by molar-refractivity contribution is 0.576. The van der Waals surface area contributed by atoms with Gasteiger partial charge in [0.2, 0.25) is 5.96 Å². The SMILES string of the molecule is O=S(=O)(NNC1=N[C@H](c2ccccc2)c2ccccc2N1)c1ccc(Br)cc1. The van der Waals surface area contributed by atoms with Crippen molar-refractivity contribution in [1.82, 2.24) is 10.3 Å². The van der Waals surface area contributed by atoms with Crippen LogP contribution >= 0.6 is 15.9 Å². The number of fused-ring (bicyclic) bond motifs is 1. The molecule has 0 aromatic heterocycles. The average Bonchev–Trinajstić information content (AvgIpc) is 2.73. The molecule has 8 heteroatoms. The number of benzene rings is 3. The molecule has 3 N–H and O–H groups in total. The largest absolute Gasteiger partial charge is 0.325 e. The van der Waals surface area contributed by atoms with Crippen LogP contribution in [-0.4, -0.2) is 14.4 Å². The Hall–Kier alpha value is -2.68. The van der Waals surface area contributed by atoms with E-state index < -0.39 is 10.0 Å². The number of nitrogens with one attached hydrogen (secondary N) is 3. The van der Waals surface area contributed by atoms with Crippen molar-refractivity contribution in [1.29, 1.82) is 0 Å². The average molecular weight is 457 g/mol. The van der Waals surface area contributed by atoms with E-state index in [1.54, 1.807) is 12.1 Å². The summed E-state index contributed by atoms with van der Waals surface area (Å²) in [4.78, 5) is 7.20. The van der Waals surface area contributed by atoms with Crippen LogP contribution in [0.3, 0.4) is 0 Å². The lowest BCUT2D eigenvalue weighted by Crippen LogP contribution is -2.46. The summed E-state index contributed by atoms with van der Waals surface area (Å²) in [6.07, 6.45) is 0. The smallest absolute Gasteiger partial charge is 0.257 e. The summed E-state index contributed by atoms with van der Waals surface area (Å²) in [5, 5.41) is 3.13. The molecule has 0 saturated carbocycles. The third kappa shape index (κ3) is 3.94. The molecule has 28 heavy (non-hydrogen) atoms. The van der Waals surface area contributed by atoms with Crippen molar-refractivity contribution in [3.63, 3.8) is 0 Å². The third-order valence-corrected chi connectivity index (χ3v) is 6.10. The Bertz CT molecular complexity index is 1120. The van der Waals surface area contributed by atoms with Crippen LogP contribution in [0.25, 0.3) is 0 Å². The summed E-state index contributed by atoms with van der Waals surface area (Å²) in [5.74, 6) is 0.327. The number of sulfonamides is 1. The molecule has 1 aliphatic rings. The van der Waals surface area contributed by atoms with Gasteiger partial charge in [-0.15, -0.1) is 4.83 Å². The maximum Gasteiger partial charge on any atom is 0.257 e. The van der Waals surface area contributed by atoms with Gasteiger partial charge in [-0.3, -0.25) is 5.43 Å². The van der Waals surface area contributed by atoms with Gasteiger partial charge in [0.1, 0.15) is 6.04 Å². The number of rotatable bonds is 4. The number of hydrogen-bond donors (Lipinski definition) is 3. The summed E-state index contributed by atoms with van der Waals surface area (Å²) >= 11 is 3.30. The molecular weight excluding hydrogens is 440 g/mol. The minimum atomic E-state index is -3.74. The zero-order valence-electron chi connectivity index (χ0n) is 14.6. The fraction of sp³-hybridized carbons (Fsp3) is 0.0500. The molecular formula is C20H17BrN4O2S. The highest BCUT2D eigenvalue weighted by Crippen LogP contribution is 2.34. The zero-order chi connectivity index (χ0) is 19.6. The van der Waals surface area contributed by atoms with Crippen molar-refractivity contribution >= 4 is 37.6 Å². The van der Waals surface area contributed by atoms with Crippen LogP contribution in [0.15, 0.2) is 93.2 Å². The molecule has 1 heterocycles. The van der Waals surface area contributed by atoms with Gasteiger partial charge < -0.3 is 5.32 Å². The van der Waals surface area contributed by atoms with Crippen LogP contribution in [-0.2, 0) is 10.0 Å². The van der Waals surface area contributed by atoms with Gasteiger partial charge in [-0.1, -0.05) is 64.5 Å². The highest BCUT2D eigenvalue weighted by molar-refractivity contribution is 9.10. The molecule has 1 aliphatic heterocycles. The van der Waals surface area contributed by atoms with E-state index in [1.165, 1.54) is 12.1 Å². The first-order valence-corrected chi connectivity index (χ1v) is 10.8. The van der Waals surface area contributed by atoms with E-state index in [1.807, 2.05) is 54.6 Å². The molecule has 0 unspecified atom stereocenters. The van der Waals surface area contributed by atoms with Crippen molar-refractivity contribution in [2.45, 2.75) is 10.9 Å².